The van der Waals surface area contributed by atoms with Crippen LogP contribution in [0.15, 0.2) is 83.5 Å². The van der Waals surface area contributed by atoms with E-state index in [1.807, 2.05) is 0 Å². The van der Waals surface area contributed by atoms with Gasteiger partial charge in [-0.25, -0.2) is 0 Å². The molecule has 0 aromatic heterocycles. The smallest absolute Gasteiger partial charge is 0.0574 e. The fourth-order valence-corrected chi connectivity index (χ4v) is 4.82. The van der Waals surface area contributed by atoms with E-state index in [0.29, 0.717) is 17.8 Å². The van der Waals surface area contributed by atoms with Gasteiger partial charge in [-0.15, -0.1) is 0 Å². The monoisotopic (exact) mass is 358 g/mol. The summed E-state index contributed by atoms with van der Waals surface area (Å²) < 4.78 is 0. The molecule has 1 nitrogen and oxygen atoms in total. The van der Waals surface area contributed by atoms with Crippen molar-refractivity contribution in [2.24, 2.45) is 11.8 Å². The minimum Gasteiger partial charge on any atom is -0.393 e. The van der Waals surface area contributed by atoms with Gasteiger partial charge in [0, 0.05) is 0 Å². The van der Waals surface area contributed by atoms with E-state index < -0.39 is 0 Å². The molecule has 0 amide bonds. The van der Waals surface area contributed by atoms with Crippen LogP contribution in [-0.4, -0.2) is 11.2 Å². The molecule has 0 heterocycles. The van der Waals surface area contributed by atoms with Crippen molar-refractivity contribution in [3.05, 3.63) is 94.6 Å². The van der Waals surface area contributed by atoms with Gasteiger partial charge in [-0.1, -0.05) is 80.6 Å². The molecule has 1 aromatic rings. The van der Waals surface area contributed by atoms with Gasteiger partial charge in [0.1, 0.15) is 0 Å². The Morgan fingerprint density at radius 1 is 1.04 bits per heavy atom. The molecule has 1 aromatic carbocycles. The first-order chi connectivity index (χ1) is 13.1. The molecule has 1 N–H and O–H groups in total. The maximum Gasteiger partial charge on any atom is 0.0574 e. The molecule has 1 fully saturated rings. The largest absolute Gasteiger partial charge is 0.393 e. The van der Waals surface area contributed by atoms with Gasteiger partial charge in [0.15, 0.2) is 0 Å². The van der Waals surface area contributed by atoms with Crippen molar-refractivity contribution in [3.63, 3.8) is 0 Å². The second kappa shape index (κ2) is 7.86. The number of hydrogen-bond acceptors (Lipinski definition) is 1. The van der Waals surface area contributed by atoms with Crippen LogP contribution >= 0.6 is 0 Å². The molecular formula is C26H30O. The quantitative estimate of drug-likeness (QED) is 0.697. The van der Waals surface area contributed by atoms with Crippen molar-refractivity contribution in [1.29, 1.82) is 0 Å². The van der Waals surface area contributed by atoms with Crippen LogP contribution < -0.4 is 0 Å². The molecule has 27 heavy (non-hydrogen) atoms. The number of aliphatic hydroxyl groups is 1. The Balaban J connectivity index is 1.54. The van der Waals surface area contributed by atoms with Crippen LogP contribution in [0, 0.1) is 11.8 Å². The molecule has 0 aliphatic heterocycles. The Morgan fingerprint density at radius 3 is 2.81 bits per heavy atom. The summed E-state index contributed by atoms with van der Waals surface area (Å²) in [5.74, 6) is 1.40. The first-order valence-electron chi connectivity index (χ1n) is 10.3. The van der Waals surface area contributed by atoms with E-state index in [9.17, 15) is 5.11 Å². The van der Waals surface area contributed by atoms with E-state index in [1.54, 1.807) is 0 Å². The summed E-state index contributed by atoms with van der Waals surface area (Å²) in [5, 5.41) is 10.4. The van der Waals surface area contributed by atoms with Gasteiger partial charge in [-0.2, -0.15) is 0 Å². The number of hydrogen-bond donors (Lipinski definition) is 1. The topological polar surface area (TPSA) is 20.2 Å². The minimum atomic E-state index is -0.172. The van der Waals surface area contributed by atoms with E-state index in [-0.39, 0.29) is 6.10 Å². The molecular weight excluding hydrogens is 328 g/mol. The molecule has 4 atom stereocenters. The van der Waals surface area contributed by atoms with Crippen molar-refractivity contribution in [3.8, 4) is 0 Å². The van der Waals surface area contributed by atoms with Crippen molar-refractivity contribution >= 4 is 0 Å². The molecule has 4 rings (SSSR count). The summed E-state index contributed by atoms with van der Waals surface area (Å²) in [6, 6.07) is 9.06. The standard InChI is InChI=1S/C26H30O/c1-18-12-25(19(2)26(27)13-18)24-11-7-8-20(15-24)14-21-16-22-9-5-3-4-6-10-23(22)17-21/h3-9,11,15-19,25-27H,10,12-14H2,1-2H3/b5-3-,6-4-,22-9-. The Labute approximate surface area is 163 Å². The first-order valence-corrected chi connectivity index (χ1v) is 10.3. The third-order valence-corrected chi connectivity index (χ3v) is 6.37. The van der Waals surface area contributed by atoms with Gasteiger partial charge in [-0.05, 0) is 71.3 Å². The predicted octanol–water partition coefficient (Wildman–Crippen LogP) is 6.05. The average molecular weight is 359 g/mol. The second-order valence-corrected chi connectivity index (χ2v) is 8.56. The lowest BCUT2D eigenvalue weighted by molar-refractivity contribution is 0.0432. The van der Waals surface area contributed by atoms with E-state index >= 15 is 0 Å². The molecule has 3 aliphatic rings. The van der Waals surface area contributed by atoms with Gasteiger partial charge < -0.3 is 5.11 Å². The van der Waals surface area contributed by atoms with Crippen molar-refractivity contribution < 1.29 is 5.11 Å². The van der Waals surface area contributed by atoms with Gasteiger partial charge in [-0.3, -0.25) is 0 Å². The highest BCUT2D eigenvalue weighted by Crippen LogP contribution is 2.41. The lowest BCUT2D eigenvalue weighted by Crippen LogP contribution is -2.32. The number of benzene rings is 1. The maximum absolute atomic E-state index is 10.4. The zero-order valence-electron chi connectivity index (χ0n) is 16.4. The minimum absolute atomic E-state index is 0.172. The molecule has 0 saturated heterocycles. The normalized spacial score (nSPS) is 34.4. The van der Waals surface area contributed by atoms with Crippen molar-refractivity contribution in [2.45, 2.75) is 51.6 Å². The Morgan fingerprint density at radius 2 is 1.93 bits per heavy atom. The van der Waals surface area contributed by atoms with Crippen molar-refractivity contribution in [2.75, 3.05) is 0 Å². The molecule has 0 bridgehead atoms. The summed E-state index contributed by atoms with van der Waals surface area (Å²) in [6.07, 6.45) is 19.4. The lowest BCUT2D eigenvalue weighted by Gasteiger charge is -2.37. The zero-order chi connectivity index (χ0) is 18.8. The highest BCUT2D eigenvalue weighted by molar-refractivity contribution is 5.56. The number of allylic oxidation sites excluding steroid dienone is 10. The third kappa shape index (κ3) is 4.09. The van der Waals surface area contributed by atoms with Crippen molar-refractivity contribution in [1.82, 2.24) is 0 Å². The number of aliphatic hydroxyl groups excluding tert-OH is 1. The van der Waals surface area contributed by atoms with Gasteiger partial charge in [0.25, 0.3) is 0 Å². The fourth-order valence-electron chi connectivity index (χ4n) is 4.82. The summed E-state index contributed by atoms with van der Waals surface area (Å²) in [5.41, 5.74) is 6.92. The summed E-state index contributed by atoms with van der Waals surface area (Å²) in [7, 11) is 0. The van der Waals surface area contributed by atoms with Crippen LogP contribution in [0.25, 0.3) is 0 Å². The van der Waals surface area contributed by atoms with Gasteiger partial charge in [0.05, 0.1) is 6.10 Å². The van der Waals surface area contributed by atoms with E-state index in [2.05, 4.69) is 80.6 Å². The average Bonchev–Trinajstić information content (AvgIpc) is 2.99. The van der Waals surface area contributed by atoms with Crippen LogP contribution in [0.2, 0.25) is 0 Å². The van der Waals surface area contributed by atoms with Crippen LogP contribution in [-0.2, 0) is 6.42 Å². The Bertz CT molecular complexity index is 849. The number of fused-ring (bicyclic) bond motifs is 1. The van der Waals surface area contributed by atoms with E-state index in [1.165, 1.54) is 34.3 Å². The lowest BCUT2D eigenvalue weighted by atomic mass is 9.70. The highest BCUT2D eigenvalue weighted by Gasteiger charge is 2.33. The van der Waals surface area contributed by atoms with Gasteiger partial charge >= 0.3 is 0 Å². The van der Waals surface area contributed by atoms with Crippen LogP contribution in [0.1, 0.15) is 50.2 Å². The highest BCUT2D eigenvalue weighted by atomic mass is 16.3. The molecule has 140 valence electrons. The maximum atomic E-state index is 10.4. The SMILES string of the molecule is CC1CC(O)C(C)C(c2cccc(CC3=C/C4=C/C=C\C=C/CC4=C3)c2)C1. The summed E-state index contributed by atoms with van der Waals surface area (Å²) in [4.78, 5) is 0. The van der Waals surface area contributed by atoms with Gasteiger partial charge in [0.2, 0.25) is 0 Å². The van der Waals surface area contributed by atoms with Crippen LogP contribution in [0.4, 0.5) is 0 Å². The van der Waals surface area contributed by atoms with Crippen LogP contribution in [0.3, 0.4) is 0 Å². The first kappa shape index (κ1) is 18.3. The van der Waals surface area contributed by atoms with E-state index in [4.69, 9.17) is 0 Å². The molecule has 4 unspecified atom stereocenters. The molecule has 3 aliphatic carbocycles. The molecule has 1 saturated carbocycles. The fraction of sp³-hybridized carbons (Fsp3) is 0.385. The molecule has 0 radical (unpaired) electrons. The Kier molecular flexibility index (Phi) is 5.31. The zero-order valence-corrected chi connectivity index (χ0v) is 16.4. The summed E-state index contributed by atoms with van der Waals surface area (Å²) in [6.45, 7) is 4.48. The molecule has 1 heteroatoms. The number of rotatable bonds is 3. The Hall–Kier alpha value is -2.12. The van der Waals surface area contributed by atoms with E-state index in [0.717, 1.165) is 19.3 Å². The summed E-state index contributed by atoms with van der Waals surface area (Å²) >= 11 is 0. The third-order valence-electron chi connectivity index (χ3n) is 6.37. The molecule has 0 spiro atoms. The second-order valence-electron chi connectivity index (χ2n) is 8.56. The van der Waals surface area contributed by atoms with Crippen LogP contribution in [0.5, 0.6) is 0 Å². The predicted molar refractivity (Wildman–Crippen MR) is 114 cm³/mol.